The number of ketones is 4. The summed E-state index contributed by atoms with van der Waals surface area (Å²) in [5.74, 6) is -13.1. The number of carbonyl (C=O) groups is 13. The van der Waals surface area contributed by atoms with Gasteiger partial charge in [0.15, 0.2) is 35.2 Å². The molecule has 0 amide bonds. The van der Waals surface area contributed by atoms with Gasteiger partial charge in [-0.25, -0.2) is 25.0 Å². The molecule has 1 saturated carbocycles. The number of fused-ring (bicyclic) bond motifs is 6. The van der Waals surface area contributed by atoms with Gasteiger partial charge in [-0.3, -0.25) is 53.8 Å². The van der Waals surface area contributed by atoms with Crippen molar-refractivity contribution < 1.29 is 107 Å². The molecule has 550 valence electrons. The number of ether oxygens (including phenoxy) is 2. The van der Waals surface area contributed by atoms with E-state index in [4.69, 9.17) is 52.9 Å². The Morgan fingerprint density at radius 2 is 1.22 bits per heavy atom. The molecule has 18 N–H and O–H groups in total. The van der Waals surface area contributed by atoms with Gasteiger partial charge in [0, 0.05) is 25.7 Å². The molecule has 33 heteroatoms. The third-order valence-electron chi connectivity index (χ3n) is 19.0. The maximum Gasteiger partial charge on any atom is 0.364 e. The van der Waals surface area contributed by atoms with Crippen molar-refractivity contribution in [2.45, 2.75) is 291 Å². The molecule has 4 aliphatic rings. The summed E-state index contributed by atoms with van der Waals surface area (Å²) in [6, 6.07) is -9.56. The zero-order chi connectivity index (χ0) is 71.9. The first-order valence-electron chi connectivity index (χ1n) is 34.5. The van der Waals surface area contributed by atoms with Crippen LogP contribution < -0.4 is 50.6 Å². The van der Waals surface area contributed by atoms with Gasteiger partial charge in [-0.2, -0.15) is 5.90 Å². The highest BCUT2D eigenvalue weighted by molar-refractivity contribution is 8.01. The van der Waals surface area contributed by atoms with Crippen LogP contribution in [0.1, 0.15) is 239 Å². The van der Waals surface area contributed by atoms with Crippen molar-refractivity contribution in [2.24, 2.45) is 46.2 Å². The third-order valence-corrected chi connectivity index (χ3v) is 20.8. The Hall–Kier alpha value is -6.14. The lowest BCUT2D eigenvalue weighted by atomic mass is 9.57. The van der Waals surface area contributed by atoms with Gasteiger partial charge in [0.1, 0.15) is 22.0 Å². The number of esters is 2. The van der Waals surface area contributed by atoms with Crippen LogP contribution in [0.25, 0.3) is 0 Å². The first-order valence-corrected chi connectivity index (χ1v) is 35.5. The Labute approximate surface area is 569 Å². The Morgan fingerprint density at radius 1 is 0.711 bits per heavy atom. The molecule has 97 heavy (non-hydrogen) atoms. The number of hydrazine groups is 2. The van der Waals surface area contributed by atoms with Crippen LogP contribution in [0.5, 0.6) is 0 Å². The van der Waals surface area contributed by atoms with E-state index >= 15 is 14.4 Å². The van der Waals surface area contributed by atoms with Gasteiger partial charge in [0.05, 0.1) is 31.0 Å². The van der Waals surface area contributed by atoms with Crippen molar-refractivity contribution >= 4 is 88.6 Å². The number of aliphatic carboxylic acids is 4. The number of hydroxylamine groups is 1. The van der Waals surface area contributed by atoms with E-state index in [0.29, 0.717) is 25.7 Å². The van der Waals surface area contributed by atoms with E-state index in [0.717, 1.165) is 83.5 Å². The maximum absolute atomic E-state index is 16.9. The van der Waals surface area contributed by atoms with Crippen LogP contribution in [-0.2, 0) is 86.3 Å². The fourth-order valence-electron chi connectivity index (χ4n) is 13.8. The first kappa shape index (κ1) is 83.3. The summed E-state index contributed by atoms with van der Waals surface area (Å²) >= 11 is 0.256. The molecule has 12 atom stereocenters. The average molecular weight is 1400 g/mol. The second kappa shape index (κ2) is 41.4. The third kappa shape index (κ3) is 21.9. The lowest BCUT2D eigenvalue weighted by Gasteiger charge is -2.61. The summed E-state index contributed by atoms with van der Waals surface area (Å²) in [4.78, 5) is 202. The minimum atomic E-state index is -3.91. The summed E-state index contributed by atoms with van der Waals surface area (Å²) in [5.41, 5.74) is 12.8. The van der Waals surface area contributed by atoms with Gasteiger partial charge >= 0.3 is 53.7 Å². The van der Waals surface area contributed by atoms with Gasteiger partial charge < -0.3 is 61.6 Å². The molecule has 1 aliphatic carbocycles. The summed E-state index contributed by atoms with van der Waals surface area (Å²) in [7, 11) is 0. The second-order valence-corrected chi connectivity index (χ2v) is 27.3. The van der Waals surface area contributed by atoms with E-state index in [1.807, 2.05) is 16.4 Å². The number of carboxylic acid groups (broad SMARTS) is 4. The van der Waals surface area contributed by atoms with E-state index in [9.17, 15) is 68.4 Å². The number of nitrogens with one attached hydrogen (secondary N) is 4. The molecule has 2 bridgehead atoms. The molecular weight excluding hydrogens is 1290 g/mol. The number of carbonyl (C=O) groups excluding carboxylic acids is 9. The van der Waals surface area contributed by atoms with Gasteiger partial charge in [-0.05, 0) is 50.2 Å². The Bertz CT molecular complexity index is 2700. The van der Waals surface area contributed by atoms with Crippen molar-refractivity contribution in [3.05, 3.63) is 0 Å². The Balaban J connectivity index is 1.99. The molecule has 3 heterocycles. The SMILES string of the molecule is CCCCCCCCCCCCCCCC(=O)O[C@@H]1C[C@@H]2CCS[C@]3(C(=O)[C@H](N)CCC(=O)[C@H](CC(=O)O)[C@@](N)(NCC(=O)O)C(=O)O)[C@@]2(C(=O)ON[C@H]2C(=O)ONN(N)[C@@]3(C(=O)ON)N[C@@H](C(=O)O)C(=O)CC[C@@H](N)C2=O)[C@H]1OC(=O)CCCCCCCCCCCCCCC. The Morgan fingerprint density at radius 3 is 1.69 bits per heavy atom. The van der Waals surface area contributed by atoms with Gasteiger partial charge in [-0.15, -0.1) is 22.4 Å². The largest absolute Gasteiger partial charge is 0.481 e. The van der Waals surface area contributed by atoms with E-state index < -0.39 is 204 Å². The average Bonchev–Trinajstić information content (AvgIpc) is 1.64. The predicted molar refractivity (Wildman–Crippen MR) is 347 cm³/mol. The summed E-state index contributed by atoms with van der Waals surface area (Å²) < 4.78 is 9.08. The fourth-order valence-corrected chi connectivity index (χ4v) is 15.8. The fraction of sp³-hybridized carbons (Fsp3) is 0.797. The van der Waals surface area contributed by atoms with Crippen LogP contribution in [0.3, 0.4) is 0 Å². The zero-order valence-corrected chi connectivity index (χ0v) is 57.0. The van der Waals surface area contributed by atoms with Gasteiger partial charge in [0.25, 0.3) is 0 Å². The monoisotopic (exact) mass is 1400 g/mol. The molecule has 0 aromatic rings. The number of nitrogens with two attached hydrogens (primary N) is 5. The number of rotatable bonds is 45. The van der Waals surface area contributed by atoms with Crippen LogP contribution in [0.2, 0.25) is 0 Å². The highest BCUT2D eigenvalue weighted by Gasteiger charge is 2.86. The lowest BCUT2D eigenvalue weighted by Crippen LogP contribution is -2.90. The molecule has 0 unspecified atom stereocenters. The summed E-state index contributed by atoms with van der Waals surface area (Å²) in [6.07, 6.45) is 13.9. The molecule has 32 nitrogen and oxygen atoms in total. The number of nitrogens with zero attached hydrogens (tertiary/aromatic N) is 1. The van der Waals surface area contributed by atoms with E-state index in [1.54, 1.807) is 0 Å². The highest BCUT2D eigenvalue weighted by Crippen LogP contribution is 2.67. The van der Waals surface area contributed by atoms with E-state index in [-0.39, 0.29) is 36.1 Å². The first-order chi connectivity index (χ1) is 46.2. The lowest BCUT2D eigenvalue weighted by molar-refractivity contribution is -0.219. The number of hydrogen-bond acceptors (Lipinski definition) is 29. The molecule has 3 saturated heterocycles. The Kier molecular flexibility index (Phi) is 35.6. The minimum absolute atomic E-state index is 0.110. The molecule has 1 spiro atoms. The second-order valence-electron chi connectivity index (χ2n) is 26.0. The standard InChI is InChI=1S/C64H106N10O22S/c1-3-5-7-9-11-13-15-17-19-21-23-25-27-29-49(81)92-46-37-40-35-36-97-63(54(84)43(66)32-33-44(75)41(38-47(77)78)62(67,58(88)89)70-39-48(79)80)61(40,55(46)93-50(82)30-28-26-24-22-20-18-16-14-12-10-8-6-4-2)59(90)96-72-52-53(83)42(65)31-34-45(76)51(56(85)86)71-64(63,60(91)94-69)74(68)73-95-57(52)87/h40-43,46,51-52,55,70-73H,3-39,65-69H2,1-2H3,(H,77,78)(H,79,80)(H,85,86)(H,88,89)/t40-,41-,42+,43+,46+,51+,52+,55-,61+,62+,63+,64+/m0/s1. The maximum atomic E-state index is 16.9. The van der Waals surface area contributed by atoms with Crippen molar-refractivity contribution in [2.75, 3.05) is 12.3 Å². The smallest absolute Gasteiger partial charge is 0.364 e. The molecule has 0 radical (unpaired) electrons. The van der Waals surface area contributed by atoms with Crippen LogP contribution in [-0.4, -0.2) is 167 Å². The number of hydrogen-bond donors (Lipinski definition) is 13. The highest BCUT2D eigenvalue weighted by atomic mass is 32.2. The van der Waals surface area contributed by atoms with Crippen molar-refractivity contribution in [1.29, 1.82) is 0 Å². The van der Waals surface area contributed by atoms with E-state index in [1.165, 1.54) is 51.4 Å². The molecule has 0 aromatic carbocycles. The van der Waals surface area contributed by atoms with Gasteiger partial charge in [-0.1, -0.05) is 174 Å². The van der Waals surface area contributed by atoms with Crippen LogP contribution in [0.4, 0.5) is 0 Å². The number of unbranched alkanes of at least 4 members (excludes halogenated alkanes) is 24. The van der Waals surface area contributed by atoms with Crippen molar-refractivity contribution in [3.63, 3.8) is 0 Å². The van der Waals surface area contributed by atoms with Crippen LogP contribution in [0.15, 0.2) is 0 Å². The van der Waals surface area contributed by atoms with Crippen LogP contribution >= 0.6 is 11.8 Å². The topological polar surface area (TPSA) is 530 Å². The summed E-state index contributed by atoms with van der Waals surface area (Å²) in [5, 5.41) is 44.8. The summed E-state index contributed by atoms with van der Waals surface area (Å²) in [6.45, 7) is 3.11. The van der Waals surface area contributed by atoms with E-state index in [2.05, 4.69) is 19.2 Å². The zero-order valence-electron chi connectivity index (χ0n) is 56.2. The quantitative estimate of drug-likeness (QED) is 0.00790. The normalized spacial score (nSPS) is 25.9. The van der Waals surface area contributed by atoms with Crippen LogP contribution in [0, 0.1) is 17.3 Å². The molecule has 3 aliphatic heterocycles. The predicted octanol–water partition coefficient (Wildman–Crippen LogP) is 3.39. The molecule has 4 fully saturated rings. The van der Waals surface area contributed by atoms with Crippen molar-refractivity contribution in [1.82, 2.24) is 26.8 Å². The number of Topliss-reactive ketones (excluding diaryl/α,β-unsaturated/α-hetero) is 4. The number of thioether (sulfide) groups is 1. The minimum Gasteiger partial charge on any atom is -0.481 e. The molecule has 0 aromatic heterocycles. The molecule has 4 rings (SSSR count). The van der Waals surface area contributed by atoms with Crippen molar-refractivity contribution in [3.8, 4) is 0 Å². The number of carboxylic acids is 4. The molecular formula is C64H106N10O22S. The van der Waals surface area contributed by atoms with Gasteiger partial charge in [0.2, 0.25) is 11.7 Å².